The van der Waals surface area contributed by atoms with E-state index in [1.807, 2.05) is 0 Å². The average Bonchev–Trinajstić information content (AvgIpc) is 2.75. The maximum absolute atomic E-state index is 14.4. The minimum atomic E-state index is -5.93. The van der Waals surface area contributed by atoms with Crippen LogP contribution in [0.5, 0.6) is 11.5 Å². The SMILES string of the molecule is CC[C@@H](CNc1nc(-c2cc(OS(=O)(=O)C(F)(F)F)ccc2OC)ncc1F)NC(=O)OC(C)(C)C. The number of alkyl halides is 3. The second kappa shape index (κ2) is 11.1. The van der Waals surface area contributed by atoms with Gasteiger partial charge in [0.1, 0.15) is 17.1 Å². The number of rotatable bonds is 9. The minimum absolute atomic E-state index is 0.0488. The van der Waals surface area contributed by atoms with Crippen molar-refractivity contribution >= 4 is 22.0 Å². The number of ether oxygens (including phenoxy) is 2. The number of aromatic nitrogens is 2. The van der Waals surface area contributed by atoms with Crippen molar-refractivity contribution in [3.63, 3.8) is 0 Å². The molecule has 2 N–H and O–H groups in total. The highest BCUT2D eigenvalue weighted by molar-refractivity contribution is 7.88. The number of benzene rings is 1. The topological polar surface area (TPSA) is 129 Å². The summed E-state index contributed by atoms with van der Waals surface area (Å²) in [4.78, 5) is 19.9. The Kier molecular flexibility index (Phi) is 8.93. The van der Waals surface area contributed by atoms with Crippen LogP contribution < -0.4 is 19.6 Å². The predicted octanol–water partition coefficient (Wildman–Crippen LogP) is 4.23. The Labute approximate surface area is 205 Å². The molecule has 1 heterocycles. The van der Waals surface area contributed by atoms with Crippen molar-refractivity contribution in [1.82, 2.24) is 15.3 Å². The molecule has 0 unspecified atom stereocenters. The van der Waals surface area contributed by atoms with Crippen LogP contribution in [-0.4, -0.2) is 55.3 Å². The first-order valence-corrected chi connectivity index (χ1v) is 11.9. The van der Waals surface area contributed by atoms with Gasteiger partial charge in [-0.3, -0.25) is 0 Å². The summed E-state index contributed by atoms with van der Waals surface area (Å²) in [7, 11) is -4.67. The second-order valence-corrected chi connectivity index (χ2v) is 9.91. The molecule has 1 aromatic carbocycles. The number of hydrogen-bond donors (Lipinski definition) is 2. The zero-order chi connectivity index (χ0) is 27.3. The number of amides is 1. The summed E-state index contributed by atoms with van der Waals surface area (Å²) in [6, 6.07) is 2.55. The van der Waals surface area contributed by atoms with Gasteiger partial charge in [-0.05, 0) is 45.4 Å². The molecule has 1 aromatic heterocycles. The maximum Gasteiger partial charge on any atom is 0.534 e. The van der Waals surface area contributed by atoms with Gasteiger partial charge in [0, 0.05) is 12.6 Å². The van der Waals surface area contributed by atoms with E-state index in [4.69, 9.17) is 9.47 Å². The maximum atomic E-state index is 14.4. The third kappa shape index (κ3) is 7.83. The van der Waals surface area contributed by atoms with Crippen LogP contribution in [0, 0.1) is 5.82 Å². The monoisotopic (exact) mass is 538 g/mol. The van der Waals surface area contributed by atoms with Crippen LogP contribution in [0.2, 0.25) is 0 Å². The lowest BCUT2D eigenvalue weighted by Gasteiger charge is -2.23. The fraction of sp³-hybridized carbons (Fsp3) is 0.476. The van der Waals surface area contributed by atoms with Crippen molar-refractivity contribution in [3.8, 4) is 22.9 Å². The van der Waals surface area contributed by atoms with E-state index in [9.17, 15) is 30.8 Å². The summed E-state index contributed by atoms with van der Waals surface area (Å²) >= 11 is 0. The van der Waals surface area contributed by atoms with Crippen molar-refractivity contribution in [2.45, 2.75) is 51.3 Å². The van der Waals surface area contributed by atoms with Crippen LogP contribution in [0.15, 0.2) is 24.4 Å². The first-order chi connectivity index (χ1) is 16.6. The number of carbonyl (C=O) groups is 1. The Balaban J connectivity index is 2.29. The highest BCUT2D eigenvalue weighted by atomic mass is 32.2. The summed E-state index contributed by atoms with van der Waals surface area (Å²) in [6.07, 6.45) is 0.620. The van der Waals surface area contributed by atoms with Crippen LogP contribution in [-0.2, 0) is 14.9 Å². The van der Waals surface area contributed by atoms with Crippen molar-refractivity contribution in [2.24, 2.45) is 0 Å². The van der Waals surface area contributed by atoms with Crippen LogP contribution in [0.1, 0.15) is 34.1 Å². The number of carbonyl (C=O) groups excluding carboxylic acids is 1. The summed E-state index contributed by atoms with van der Waals surface area (Å²) in [5, 5.41) is 5.38. The van der Waals surface area contributed by atoms with Crippen molar-refractivity contribution < 1.29 is 44.4 Å². The summed E-state index contributed by atoms with van der Waals surface area (Å²) in [6.45, 7) is 6.95. The van der Waals surface area contributed by atoms with E-state index in [1.165, 1.54) is 7.11 Å². The summed E-state index contributed by atoms with van der Waals surface area (Å²) in [5.74, 6) is -1.95. The van der Waals surface area contributed by atoms with Crippen molar-refractivity contribution in [3.05, 3.63) is 30.2 Å². The van der Waals surface area contributed by atoms with Crippen LogP contribution in [0.25, 0.3) is 11.4 Å². The summed E-state index contributed by atoms with van der Waals surface area (Å²) in [5.41, 5.74) is -6.41. The number of nitrogens with one attached hydrogen (secondary N) is 2. The third-order valence-corrected chi connectivity index (χ3v) is 5.35. The third-order valence-electron chi connectivity index (χ3n) is 4.37. The average molecular weight is 539 g/mol. The fourth-order valence-electron chi connectivity index (χ4n) is 2.70. The largest absolute Gasteiger partial charge is 0.534 e. The smallest absolute Gasteiger partial charge is 0.496 e. The molecule has 0 fully saturated rings. The van der Waals surface area contributed by atoms with Gasteiger partial charge in [0.05, 0.1) is 18.9 Å². The molecular formula is C21H26F4N4O6S. The van der Waals surface area contributed by atoms with E-state index in [0.29, 0.717) is 6.42 Å². The zero-order valence-corrected chi connectivity index (χ0v) is 20.9. The van der Waals surface area contributed by atoms with Gasteiger partial charge in [0.25, 0.3) is 0 Å². The van der Waals surface area contributed by atoms with Crippen LogP contribution in [0.3, 0.4) is 0 Å². The van der Waals surface area contributed by atoms with Gasteiger partial charge in [0.2, 0.25) is 0 Å². The summed E-state index contributed by atoms with van der Waals surface area (Å²) < 4.78 is 89.6. The quantitative estimate of drug-likeness (QED) is 0.274. The molecule has 0 radical (unpaired) electrons. The molecule has 0 spiro atoms. The normalized spacial score (nSPS) is 13.0. The molecule has 0 bridgehead atoms. The number of hydrogen-bond acceptors (Lipinski definition) is 9. The lowest BCUT2D eigenvalue weighted by atomic mass is 10.1. The molecule has 0 aliphatic carbocycles. The van der Waals surface area contributed by atoms with E-state index in [2.05, 4.69) is 24.8 Å². The van der Waals surface area contributed by atoms with E-state index < -0.39 is 44.9 Å². The molecule has 200 valence electrons. The molecule has 1 amide bonds. The van der Waals surface area contributed by atoms with E-state index in [-0.39, 0.29) is 29.5 Å². The highest BCUT2D eigenvalue weighted by Gasteiger charge is 2.48. The molecular weight excluding hydrogens is 512 g/mol. The Hall–Kier alpha value is -3.36. The highest BCUT2D eigenvalue weighted by Crippen LogP contribution is 2.34. The Morgan fingerprint density at radius 2 is 1.86 bits per heavy atom. The van der Waals surface area contributed by atoms with Crippen LogP contribution >= 0.6 is 0 Å². The molecule has 0 saturated carbocycles. The van der Waals surface area contributed by atoms with E-state index in [1.54, 1.807) is 27.7 Å². The zero-order valence-electron chi connectivity index (χ0n) is 20.1. The van der Waals surface area contributed by atoms with Gasteiger partial charge < -0.3 is 24.3 Å². The minimum Gasteiger partial charge on any atom is -0.496 e. The first-order valence-electron chi connectivity index (χ1n) is 10.5. The standard InChI is InChI=1S/C21H26F4N4O6S/c1-6-12(28-19(30)34-20(2,3)4)10-26-18-15(22)11-27-17(29-18)14-9-13(7-8-16(14)33-5)35-36(31,32)21(23,24)25/h7-9,11-12H,6,10H2,1-5H3,(H,28,30)(H,26,27,29)/t12-/m0/s1. The van der Waals surface area contributed by atoms with Gasteiger partial charge in [-0.2, -0.15) is 21.6 Å². The van der Waals surface area contributed by atoms with E-state index >= 15 is 0 Å². The molecule has 2 rings (SSSR count). The van der Waals surface area contributed by atoms with Gasteiger partial charge in [-0.15, -0.1) is 0 Å². The molecule has 2 aromatic rings. The van der Waals surface area contributed by atoms with Gasteiger partial charge in [-0.25, -0.2) is 19.2 Å². The number of alkyl carbamates (subject to hydrolysis) is 1. The molecule has 0 aliphatic heterocycles. The molecule has 36 heavy (non-hydrogen) atoms. The number of anilines is 1. The second-order valence-electron chi connectivity index (χ2n) is 8.37. The molecule has 1 atom stereocenters. The lowest BCUT2D eigenvalue weighted by Crippen LogP contribution is -2.42. The molecule has 0 aliphatic rings. The number of methoxy groups -OCH3 is 1. The lowest BCUT2D eigenvalue weighted by molar-refractivity contribution is -0.0500. The van der Waals surface area contributed by atoms with Crippen molar-refractivity contribution in [1.29, 1.82) is 0 Å². The van der Waals surface area contributed by atoms with E-state index in [0.717, 1.165) is 24.4 Å². The van der Waals surface area contributed by atoms with Gasteiger partial charge >= 0.3 is 21.7 Å². The Bertz CT molecular complexity index is 1190. The first kappa shape index (κ1) is 28.9. The fourth-order valence-corrected chi connectivity index (χ4v) is 3.15. The molecule has 15 heteroatoms. The van der Waals surface area contributed by atoms with Crippen LogP contribution in [0.4, 0.5) is 28.2 Å². The van der Waals surface area contributed by atoms with Gasteiger partial charge in [0.15, 0.2) is 17.5 Å². The van der Waals surface area contributed by atoms with Gasteiger partial charge in [-0.1, -0.05) is 6.92 Å². The Morgan fingerprint density at radius 3 is 2.42 bits per heavy atom. The predicted molar refractivity (Wildman–Crippen MR) is 122 cm³/mol. The number of nitrogens with zero attached hydrogens (tertiary/aromatic N) is 2. The molecule has 0 saturated heterocycles. The van der Waals surface area contributed by atoms with Crippen molar-refractivity contribution in [2.75, 3.05) is 19.0 Å². The molecule has 10 nitrogen and oxygen atoms in total. The number of halogens is 4. The Morgan fingerprint density at radius 1 is 1.19 bits per heavy atom.